The normalized spacial score (nSPS) is 18.1. The minimum atomic E-state index is 0.0240. The molecule has 0 bridgehead atoms. The molecule has 22 heavy (non-hydrogen) atoms. The Morgan fingerprint density at radius 2 is 2.00 bits per heavy atom. The largest absolute Gasteiger partial charge is 0.377 e. The minimum Gasteiger partial charge on any atom is -0.377 e. The molecule has 0 atom stereocenters. The van der Waals surface area contributed by atoms with Crippen LogP contribution in [0.2, 0.25) is 0 Å². The Kier molecular flexibility index (Phi) is 6.17. The number of rotatable bonds is 6. The molecule has 0 amide bonds. The first-order valence-electron chi connectivity index (χ1n) is 8.29. The lowest BCUT2D eigenvalue weighted by Crippen LogP contribution is -2.40. The van der Waals surface area contributed by atoms with Gasteiger partial charge in [-0.2, -0.15) is 4.37 Å². The first-order valence-corrected chi connectivity index (χ1v) is 9.06. The van der Waals surface area contributed by atoms with Gasteiger partial charge in [0, 0.05) is 42.6 Å². The average molecular weight is 327 g/mol. The molecule has 1 aliphatic rings. The molecule has 1 fully saturated rings. The summed E-state index contributed by atoms with van der Waals surface area (Å²) in [6, 6.07) is 0.517. The zero-order valence-electron chi connectivity index (χ0n) is 14.6. The number of hydrogen-bond donors (Lipinski definition) is 1. The van der Waals surface area contributed by atoms with E-state index in [2.05, 4.69) is 54.2 Å². The molecule has 1 aliphatic heterocycles. The van der Waals surface area contributed by atoms with Gasteiger partial charge in [-0.1, -0.05) is 20.8 Å². The topological polar surface area (TPSA) is 50.3 Å². The van der Waals surface area contributed by atoms with Crippen LogP contribution in [0.1, 0.15) is 53.3 Å². The van der Waals surface area contributed by atoms with Crippen molar-refractivity contribution in [2.24, 2.45) is 0 Å². The highest BCUT2D eigenvalue weighted by Crippen LogP contribution is 2.24. The van der Waals surface area contributed by atoms with E-state index in [9.17, 15) is 0 Å². The zero-order valence-corrected chi connectivity index (χ0v) is 15.4. The number of piperidine rings is 1. The standard InChI is InChI=1S/C16H30N4OS/c1-12(2)21-11-10-20-8-6-13(7-9-20)17-15-18-14(19-22-15)16(3,4)5/h12-13H,6-11H2,1-5H3,(H,17,18,19). The Labute approximate surface area is 138 Å². The highest BCUT2D eigenvalue weighted by molar-refractivity contribution is 7.09. The Bertz CT molecular complexity index is 447. The van der Waals surface area contributed by atoms with Gasteiger partial charge in [0.25, 0.3) is 0 Å². The van der Waals surface area contributed by atoms with Crippen molar-refractivity contribution in [3.63, 3.8) is 0 Å². The number of nitrogens with one attached hydrogen (secondary N) is 1. The van der Waals surface area contributed by atoms with Gasteiger partial charge >= 0.3 is 0 Å². The second-order valence-corrected chi connectivity index (χ2v) is 8.10. The summed E-state index contributed by atoms with van der Waals surface area (Å²) in [5.41, 5.74) is 0.0240. The smallest absolute Gasteiger partial charge is 0.202 e. The van der Waals surface area contributed by atoms with Crippen LogP contribution in [-0.4, -0.2) is 52.6 Å². The first-order chi connectivity index (χ1) is 10.3. The Morgan fingerprint density at radius 1 is 1.32 bits per heavy atom. The number of hydrogen-bond acceptors (Lipinski definition) is 6. The highest BCUT2D eigenvalue weighted by Gasteiger charge is 2.22. The molecular weight excluding hydrogens is 296 g/mol. The van der Waals surface area contributed by atoms with E-state index in [1.54, 1.807) is 0 Å². The molecule has 2 rings (SSSR count). The van der Waals surface area contributed by atoms with E-state index in [-0.39, 0.29) is 5.41 Å². The number of likely N-dealkylation sites (tertiary alicyclic amines) is 1. The van der Waals surface area contributed by atoms with Crippen molar-refractivity contribution in [1.29, 1.82) is 0 Å². The maximum atomic E-state index is 5.63. The van der Waals surface area contributed by atoms with Crippen LogP contribution in [0.25, 0.3) is 0 Å². The van der Waals surface area contributed by atoms with Crippen LogP contribution >= 0.6 is 11.5 Å². The van der Waals surface area contributed by atoms with Gasteiger partial charge in [-0.05, 0) is 26.7 Å². The van der Waals surface area contributed by atoms with Crippen molar-refractivity contribution >= 4 is 16.7 Å². The van der Waals surface area contributed by atoms with E-state index in [0.717, 1.165) is 50.0 Å². The fourth-order valence-corrected chi connectivity index (χ4v) is 3.31. The van der Waals surface area contributed by atoms with Crippen LogP contribution in [0.15, 0.2) is 0 Å². The van der Waals surface area contributed by atoms with Gasteiger partial charge in [0.15, 0.2) is 0 Å². The zero-order chi connectivity index (χ0) is 16.2. The highest BCUT2D eigenvalue weighted by atomic mass is 32.1. The molecule has 1 aromatic rings. The Hall–Kier alpha value is -0.720. The molecule has 0 spiro atoms. The van der Waals surface area contributed by atoms with Gasteiger partial charge in [0.1, 0.15) is 5.82 Å². The second-order valence-electron chi connectivity index (χ2n) is 7.35. The molecule has 1 saturated heterocycles. The van der Waals surface area contributed by atoms with Crippen LogP contribution in [0.5, 0.6) is 0 Å². The fourth-order valence-electron chi connectivity index (χ4n) is 2.48. The third-order valence-electron chi connectivity index (χ3n) is 3.87. The van der Waals surface area contributed by atoms with Gasteiger partial charge in [-0.15, -0.1) is 0 Å². The van der Waals surface area contributed by atoms with Crippen LogP contribution < -0.4 is 5.32 Å². The molecule has 1 N–H and O–H groups in total. The summed E-state index contributed by atoms with van der Waals surface area (Å²) >= 11 is 1.48. The third kappa shape index (κ3) is 5.48. The summed E-state index contributed by atoms with van der Waals surface area (Å²) < 4.78 is 10.1. The quantitative estimate of drug-likeness (QED) is 0.870. The van der Waals surface area contributed by atoms with E-state index >= 15 is 0 Å². The van der Waals surface area contributed by atoms with E-state index in [0.29, 0.717) is 12.1 Å². The fraction of sp³-hybridized carbons (Fsp3) is 0.875. The molecule has 0 aromatic carbocycles. The van der Waals surface area contributed by atoms with E-state index in [1.165, 1.54) is 11.5 Å². The molecule has 126 valence electrons. The third-order valence-corrected chi connectivity index (χ3v) is 4.52. The maximum Gasteiger partial charge on any atom is 0.202 e. The monoisotopic (exact) mass is 326 g/mol. The number of nitrogens with zero attached hydrogens (tertiary/aromatic N) is 3. The summed E-state index contributed by atoms with van der Waals surface area (Å²) in [7, 11) is 0. The molecule has 0 radical (unpaired) electrons. The minimum absolute atomic E-state index is 0.0240. The van der Waals surface area contributed by atoms with E-state index in [1.807, 2.05) is 0 Å². The number of ether oxygens (including phenoxy) is 1. The van der Waals surface area contributed by atoms with Gasteiger partial charge < -0.3 is 15.0 Å². The summed E-state index contributed by atoms with van der Waals surface area (Å²) in [6.45, 7) is 14.8. The lowest BCUT2D eigenvalue weighted by atomic mass is 9.96. The van der Waals surface area contributed by atoms with Crippen molar-refractivity contribution < 1.29 is 4.74 Å². The average Bonchev–Trinajstić information content (AvgIpc) is 2.89. The van der Waals surface area contributed by atoms with E-state index < -0.39 is 0 Å². The lowest BCUT2D eigenvalue weighted by Gasteiger charge is -2.32. The predicted octanol–water partition coefficient (Wildman–Crippen LogP) is 3.14. The summed E-state index contributed by atoms with van der Waals surface area (Å²) in [6.07, 6.45) is 2.65. The summed E-state index contributed by atoms with van der Waals surface area (Å²) in [4.78, 5) is 7.11. The molecule has 2 heterocycles. The number of aromatic nitrogens is 2. The molecular formula is C16H30N4OS. The van der Waals surface area contributed by atoms with Gasteiger partial charge in [0.2, 0.25) is 5.13 Å². The molecule has 0 saturated carbocycles. The first kappa shape index (κ1) is 17.6. The van der Waals surface area contributed by atoms with Crippen LogP contribution in [0, 0.1) is 0 Å². The van der Waals surface area contributed by atoms with Gasteiger partial charge in [0.05, 0.1) is 12.7 Å². The van der Waals surface area contributed by atoms with Crippen molar-refractivity contribution in [2.45, 2.75) is 65.0 Å². The van der Waals surface area contributed by atoms with Crippen molar-refractivity contribution in [1.82, 2.24) is 14.3 Å². The van der Waals surface area contributed by atoms with Gasteiger partial charge in [-0.25, -0.2) is 4.98 Å². The van der Waals surface area contributed by atoms with E-state index in [4.69, 9.17) is 4.74 Å². The molecule has 0 unspecified atom stereocenters. The Morgan fingerprint density at radius 3 is 2.55 bits per heavy atom. The van der Waals surface area contributed by atoms with Crippen LogP contribution in [0.3, 0.4) is 0 Å². The van der Waals surface area contributed by atoms with Gasteiger partial charge in [-0.3, -0.25) is 0 Å². The summed E-state index contributed by atoms with van der Waals surface area (Å²) in [5.74, 6) is 0.934. The number of anilines is 1. The second kappa shape index (κ2) is 7.70. The van der Waals surface area contributed by atoms with Crippen molar-refractivity contribution in [3.8, 4) is 0 Å². The van der Waals surface area contributed by atoms with Crippen molar-refractivity contribution in [2.75, 3.05) is 31.6 Å². The predicted molar refractivity (Wildman–Crippen MR) is 92.8 cm³/mol. The summed E-state index contributed by atoms with van der Waals surface area (Å²) in [5, 5.41) is 4.52. The molecule has 1 aromatic heterocycles. The van der Waals surface area contributed by atoms with Crippen molar-refractivity contribution in [3.05, 3.63) is 5.82 Å². The SMILES string of the molecule is CC(C)OCCN1CCC(Nc2nc(C(C)(C)C)ns2)CC1. The van der Waals surface area contributed by atoms with Crippen LogP contribution in [-0.2, 0) is 10.2 Å². The van der Waals surface area contributed by atoms with Crippen LogP contribution in [0.4, 0.5) is 5.13 Å². The lowest BCUT2D eigenvalue weighted by molar-refractivity contribution is 0.0543. The molecule has 0 aliphatic carbocycles. The maximum absolute atomic E-state index is 5.63. The molecule has 6 heteroatoms. The Balaban J connectivity index is 1.72. The molecule has 5 nitrogen and oxygen atoms in total.